The van der Waals surface area contributed by atoms with Gasteiger partial charge in [0, 0.05) is 17.7 Å². The third-order valence-corrected chi connectivity index (χ3v) is 2.22. The molecule has 0 bridgehead atoms. The van der Waals surface area contributed by atoms with E-state index in [1.54, 1.807) is 12.1 Å². The van der Waals surface area contributed by atoms with Crippen molar-refractivity contribution in [2.75, 3.05) is 5.32 Å². The number of fused-ring (bicyclic) bond motifs is 1. The number of amides is 1. The van der Waals surface area contributed by atoms with Gasteiger partial charge in [-0.1, -0.05) is 12.1 Å². The van der Waals surface area contributed by atoms with Gasteiger partial charge in [-0.25, -0.2) is 0 Å². The van der Waals surface area contributed by atoms with Crippen LogP contribution in [0, 0.1) is 0 Å². The second kappa shape index (κ2) is 3.01. The Balaban J connectivity index is 2.51. The van der Waals surface area contributed by atoms with Crippen LogP contribution in [-0.2, 0) is 11.2 Å². The summed E-state index contributed by atoms with van der Waals surface area (Å²) in [5, 5.41) is 2.74. The molecule has 3 nitrogen and oxygen atoms in total. The number of carbonyl (C=O) groups excluding carboxylic acids is 2. The van der Waals surface area contributed by atoms with Gasteiger partial charge in [0.1, 0.15) is 6.29 Å². The topological polar surface area (TPSA) is 46.2 Å². The quantitative estimate of drug-likeness (QED) is 0.655. The maximum absolute atomic E-state index is 11.0. The maximum atomic E-state index is 11.0. The van der Waals surface area contributed by atoms with Gasteiger partial charge in [-0.15, -0.1) is 0 Å². The van der Waals surface area contributed by atoms with Crippen molar-refractivity contribution in [3.05, 3.63) is 29.3 Å². The second-order valence-electron chi connectivity index (χ2n) is 3.04. The fourth-order valence-electron chi connectivity index (χ4n) is 1.56. The van der Waals surface area contributed by atoms with Crippen molar-refractivity contribution in [2.45, 2.75) is 12.8 Å². The van der Waals surface area contributed by atoms with Crippen molar-refractivity contribution >= 4 is 17.9 Å². The highest BCUT2D eigenvalue weighted by atomic mass is 16.1. The van der Waals surface area contributed by atoms with E-state index < -0.39 is 0 Å². The lowest BCUT2D eigenvalue weighted by Crippen LogP contribution is -2.19. The predicted molar refractivity (Wildman–Crippen MR) is 48.8 cm³/mol. The molecule has 0 saturated heterocycles. The van der Waals surface area contributed by atoms with E-state index in [1.165, 1.54) is 0 Å². The van der Waals surface area contributed by atoms with E-state index in [0.717, 1.165) is 17.5 Å². The molecule has 1 aromatic carbocycles. The molecule has 1 amide bonds. The summed E-state index contributed by atoms with van der Waals surface area (Å²) in [6, 6.07) is 5.36. The van der Waals surface area contributed by atoms with Crippen LogP contribution >= 0.6 is 0 Å². The van der Waals surface area contributed by atoms with Gasteiger partial charge < -0.3 is 5.32 Å². The average molecular weight is 175 g/mol. The minimum absolute atomic E-state index is 0.0237. The Morgan fingerprint density at radius 3 is 2.92 bits per heavy atom. The zero-order valence-corrected chi connectivity index (χ0v) is 7.04. The highest BCUT2D eigenvalue weighted by molar-refractivity contribution is 5.96. The van der Waals surface area contributed by atoms with E-state index >= 15 is 0 Å². The molecule has 0 radical (unpaired) electrons. The minimum atomic E-state index is 0.0237. The van der Waals surface area contributed by atoms with E-state index in [1.807, 2.05) is 6.07 Å². The highest BCUT2D eigenvalue weighted by Gasteiger charge is 2.16. The summed E-state index contributed by atoms with van der Waals surface area (Å²) in [5.41, 5.74) is 2.41. The lowest BCUT2D eigenvalue weighted by Gasteiger charge is -2.17. The van der Waals surface area contributed by atoms with Gasteiger partial charge in [-0.05, 0) is 18.1 Å². The summed E-state index contributed by atoms with van der Waals surface area (Å²) in [6.45, 7) is 0. The standard InChI is InChI=1S/C10H9NO2/c12-6-7-2-1-3-9-8(7)4-5-10(13)11-9/h1-3,6H,4-5H2,(H,11,13). The molecule has 0 atom stereocenters. The smallest absolute Gasteiger partial charge is 0.224 e. The lowest BCUT2D eigenvalue weighted by molar-refractivity contribution is -0.116. The molecular weight excluding hydrogens is 166 g/mol. The van der Waals surface area contributed by atoms with Gasteiger partial charge in [0.25, 0.3) is 0 Å². The van der Waals surface area contributed by atoms with Crippen LogP contribution in [0.15, 0.2) is 18.2 Å². The van der Waals surface area contributed by atoms with E-state index in [9.17, 15) is 9.59 Å². The van der Waals surface area contributed by atoms with Crippen LogP contribution in [0.2, 0.25) is 0 Å². The molecule has 1 heterocycles. The third-order valence-electron chi connectivity index (χ3n) is 2.22. The van der Waals surface area contributed by atoms with E-state index in [4.69, 9.17) is 0 Å². The number of hydrogen-bond acceptors (Lipinski definition) is 2. The Labute approximate surface area is 75.8 Å². The van der Waals surface area contributed by atoms with E-state index in [-0.39, 0.29) is 5.91 Å². The lowest BCUT2D eigenvalue weighted by atomic mass is 9.98. The van der Waals surface area contributed by atoms with Crippen LogP contribution in [0.5, 0.6) is 0 Å². The third kappa shape index (κ3) is 1.33. The monoisotopic (exact) mass is 175 g/mol. The molecule has 0 saturated carbocycles. The molecule has 0 spiro atoms. The Kier molecular flexibility index (Phi) is 1.85. The molecule has 0 fully saturated rings. The van der Waals surface area contributed by atoms with E-state index in [2.05, 4.69) is 5.32 Å². The van der Waals surface area contributed by atoms with Crippen LogP contribution in [0.1, 0.15) is 22.3 Å². The molecule has 66 valence electrons. The summed E-state index contributed by atoms with van der Waals surface area (Å²) in [5.74, 6) is 0.0237. The average Bonchev–Trinajstić information content (AvgIpc) is 2.16. The van der Waals surface area contributed by atoms with Crippen LogP contribution in [0.4, 0.5) is 5.69 Å². The van der Waals surface area contributed by atoms with Gasteiger partial charge in [-0.3, -0.25) is 9.59 Å². The Hall–Kier alpha value is -1.64. The number of hydrogen-bond donors (Lipinski definition) is 1. The summed E-state index contributed by atoms with van der Waals surface area (Å²) < 4.78 is 0. The fourth-order valence-corrected chi connectivity index (χ4v) is 1.56. The van der Waals surface area contributed by atoms with Crippen LogP contribution in [0.25, 0.3) is 0 Å². The van der Waals surface area contributed by atoms with Gasteiger partial charge in [-0.2, -0.15) is 0 Å². The van der Waals surface area contributed by atoms with Crippen molar-refractivity contribution in [1.82, 2.24) is 0 Å². The minimum Gasteiger partial charge on any atom is -0.326 e. The van der Waals surface area contributed by atoms with Crippen molar-refractivity contribution in [3.63, 3.8) is 0 Å². The van der Waals surface area contributed by atoms with Crippen LogP contribution in [-0.4, -0.2) is 12.2 Å². The van der Waals surface area contributed by atoms with Crippen molar-refractivity contribution in [3.8, 4) is 0 Å². The second-order valence-corrected chi connectivity index (χ2v) is 3.04. The Morgan fingerprint density at radius 2 is 2.15 bits per heavy atom. The van der Waals surface area contributed by atoms with Crippen LogP contribution in [0.3, 0.4) is 0 Å². The summed E-state index contributed by atoms with van der Waals surface area (Å²) in [7, 11) is 0. The number of nitrogens with one attached hydrogen (secondary N) is 1. The van der Waals surface area contributed by atoms with Gasteiger partial charge in [0.15, 0.2) is 0 Å². The van der Waals surface area contributed by atoms with Gasteiger partial charge >= 0.3 is 0 Å². The fraction of sp³-hybridized carbons (Fsp3) is 0.200. The first-order valence-corrected chi connectivity index (χ1v) is 4.18. The first-order valence-electron chi connectivity index (χ1n) is 4.18. The number of rotatable bonds is 1. The number of carbonyl (C=O) groups is 2. The maximum Gasteiger partial charge on any atom is 0.224 e. The summed E-state index contributed by atoms with van der Waals surface area (Å²) in [4.78, 5) is 21.7. The van der Waals surface area contributed by atoms with Crippen LogP contribution < -0.4 is 5.32 Å². The number of benzene rings is 1. The Morgan fingerprint density at radius 1 is 1.31 bits per heavy atom. The molecule has 2 rings (SSSR count). The molecule has 1 aromatic rings. The zero-order valence-electron chi connectivity index (χ0n) is 7.04. The summed E-state index contributed by atoms with van der Waals surface area (Å²) in [6.07, 6.45) is 1.96. The largest absolute Gasteiger partial charge is 0.326 e. The molecule has 0 aromatic heterocycles. The normalized spacial score (nSPS) is 14.6. The molecule has 1 aliphatic heterocycles. The number of aldehydes is 1. The molecule has 1 aliphatic rings. The SMILES string of the molecule is O=Cc1cccc2c1CCC(=O)N2. The van der Waals surface area contributed by atoms with Gasteiger partial charge in [0.2, 0.25) is 5.91 Å². The van der Waals surface area contributed by atoms with E-state index in [0.29, 0.717) is 18.4 Å². The zero-order chi connectivity index (χ0) is 9.26. The highest BCUT2D eigenvalue weighted by Crippen LogP contribution is 2.24. The molecule has 13 heavy (non-hydrogen) atoms. The molecule has 1 N–H and O–H groups in total. The predicted octanol–water partition coefficient (Wildman–Crippen LogP) is 1.38. The first-order chi connectivity index (χ1) is 6.31. The van der Waals surface area contributed by atoms with Gasteiger partial charge in [0.05, 0.1) is 0 Å². The molecule has 3 heteroatoms. The van der Waals surface area contributed by atoms with Crippen molar-refractivity contribution < 1.29 is 9.59 Å². The Bertz CT molecular complexity index is 371. The summed E-state index contributed by atoms with van der Waals surface area (Å²) >= 11 is 0. The molecule has 0 unspecified atom stereocenters. The number of anilines is 1. The van der Waals surface area contributed by atoms with Crippen molar-refractivity contribution in [2.24, 2.45) is 0 Å². The van der Waals surface area contributed by atoms with Crippen molar-refractivity contribution in [1.29, 1.82) is 0 Å². The molecular formula is C10H9NO2. The molecule has 0 aliphatic carbocycles. The first kappa shape index (κ1) is 7.98.